The molecule has 1 saturated carbocycles. The van der Waals surface area contributed by atoms with Crippen molar-refractivity contribution in [3.8, 4) is 0 Å². The summed E-state index contributed by atoms with van der Waals surface area (Å²) in [7, 11) is 0. The quantitative estimate of drug-likeness (QED) is 0.816. The van der Waals surface area contributed by atoms with E-state index in [1.165, 1.54) is 0 Å². The Morgan fingerprint density at radius 1 is 1.19 bits per heavy atom. The first kappa shape index (κ1) is 18.7. The number of ether oxygens (including phenoxy) is 1. The summed E-state index contributed by atoms with van der Waals surface area (Å²) in [4.78, 5) is 32.6. The molecule has 1 aromatic heterocycles. The summed E-state index contributed by atoms with van der Waals surface area (Å²) in [5.74, 6) is 0.724. The van der Waals surface area contributed by atoms with Crippen molar-refractivity contribution in [2.24, 2.45) is 0 Å². The second kappa shape index (κ2) is 7.25. The Kier molecular flexibility index (Phi) is 5.21. The molecule has 2 heterocycles. The Bertz CT molecular complexity index is 662. The molecule has 2 amide bonds. The van der Waals surface area contributed by atoms with Crippen LogP contribution in [0.25, 0.3) is 0 Å². The number of rotatable bonds is 3. The van der Waals surface area contributed by atoms with E-state index in [1.807, 2.05) is 37.8 Å². The van der Waals surface area contributed by atoms with Crippen LogP contribution in [-0.2, 0) is 9.53 Å². The Balaban J connectivity index is 1.80. The minimum Gasteiger partial charge on any atom is -0.443 e. The van der Waals surface area contributed by atoms with Gasteiger partial charge in [-0.05, 0) is 64.5 Å². The first-order valence-electron chi connectivity index (χ1n) is 9.51. The summed E-state index contributed by atoms with van der Waals surface area (Å²) < 4.78 is 5.58. The second-order valence-corrected chi connectivity index (χ2v) is 8.26. The van der Waals surface area contributed by atoms with E-state index in [2.05, 4.69) is 4.98 Å². The molecule has 0 bridgehead atoms. The highest BCUT2D eigenvalue weighted by atomic mass is 16.6. The molecule has 0 aromatic carbocycles. The maximum atomic E-state index is 12.7. The maximum Gasteiger partial charge on any atom is 0.416 e. The van der Waals surface area contributed by atoms with Crippen LogP contribution in [-0.4, -0.2) is 40.1 Å². The molecule has 0 radical (unpaired) electrons. The Morgan fingerprint density at radius 3 is 2.42 bits per heavy atom. The number of anilines is 1. The van der Waals surface area contributed by atoms with E-state index >= 15 is 0 Å². The number of hydrogen-bond donors (Lipinski definition) is 0. The number of carbonyl (C=O) groups is 2. The lowest BCUT2D eigenvalue weighted by Crippen LogP contribution is -2.47. The van der Waals surface area contributed by atoms with Crippen molar-refractivity contribution in [3.05, 3.63) is 23.9 Å². The van der Waals surface area contributed by atoms with E-state index in [0.717, 1.165) is 44.2 Å². The normalized spacial score (nSPS) is 20.6. The summed E-state index contributed by atoms with van der Waals surface area (Å²) in [5.41, 5.74) is 0.490. The van der Waals surface area contributed by atoms with Crippen LogP contribution < -0.4 is 4.90 Å². The number of pyridine rings is 1. The standard InChI is InChI=1S/C20H29N3O3/c1-14(24)22-12-6-9-17(22)15-10-11-18(21-13-15)23(16-7-5-8-16)19(25)26-20(2,3)4/h10-11,13,16-17H,5-9,12H2,1-4H3. The summed E-state index contributed by atoms with van der Waals surface area (Å²) >= 11 is 0. The topological polar surface area (TPSA) is 62.7 Å². The Morgan fingerprint density at radius 2 is 1.92 bits per heavy atom. The van der Waals surface area contributed by atoms with E-state index in [0.29, 0.717) is 5.82 Å². The first-order chi connectivity index (χ1) is 12.3. The van der Waals surface area contributed by atoms with Gasteiger partial charge in [-0.1, -0.05) is 6.07 Å². The molecule has 1 aromatic rings. The van der Waals surface area contributed by atoms with Gasteiger partial charge in [0, 0.05) is 25.7 Å². The molecule has 1 aliphatic carbocycles. The van der Waals surface area contributed by atoms with Crippen molar-refractivity contribution in [1.82, 2.24) is 9.88 Å². The zero-order chi connectivity index (χ0) is 18.9. The molecule has 0 spiro atoms. The van der Waals surface area contributed by atoms with Crippen LogP contribution in [0, 0.1) is 0 Å². The van der Waals surface area contributed by atoms with Gasteiger partial charge in [0.05, 0.1) is 6.04 Å². The lowest BCUT2D eigenvalue weighted by Gasteiger charge is -2.37. The molecule has 142 valence electrons. The van der Waals surface area contributed by atoms with Gasteiger partial charge in [0.15, 0.2) is 0 Å². The molecule has 3 rings (SSSR count). The van der Waals surface area contributed by atoms with Gasteiger partial charge < -0.3 is 9.64 Å². The van der Waals surface area contributed by atoms with Crippen LogP contribution in [0.4, 0.5) is 10.6 Å². The molecular weight excluding hydrogens is 330 g/mol. The minimum atomic E-state index is -0.537. The SMILES string of the molecule is CC(=O)N1CCCC1c1ccc(N(C(=O)OC(C)(C)C)C2CCC2)nc1. The van der Waals surface area contributed by atoms with Gasteiger partial charge in [-0.15, -0.1) is 0 Å². The van der Waals surface area contributed by atoms with Crippen LogP contribution in [0.5, 0.6) is 0 Å². The Labute approximate surface area is 155 Å². The van der Waals surface area contributed by atoms with Crippen LogP contribution in [0.1, 0.15) is 71.4 Å². The van der Waals surface area contributed by atoms with Gasteiger partial charge in [-0.2, -0.15) is 0 Å². The van der Waals surface area contributed by atoms with Crippen molar-refractivity contribution < 1.29 is 14.3 Å². The highest BCUT2D eigenvalue weighted by molar-refractivity contribution is 5.87. The van der Waals surface area contributed by atoms with Crippen molar-refractivity contribution in [3.63, 3.8) is 0 Å². The summed E-state index contributed by atoms with van der Waals surface area (Å²) in [6, 6.07) is 4.12. The number of nitrogens with zero attached hydrogens (tertiary/aromatic N) is 3. The number of amides is 2. The van der Waals surface area contributed by atoms with E-state index in [1.54, 1.807) is 18.0 Å². The highest BCUT2D eigenvalue weighted by Gasteiger charge is 2.34. The van der Waals surface area contributed by atoms with E-state index in [4.69, 9.17) is 4.74 Å². The van der Waals surface area contributed by atoms with Crippen molar-refractivity contribution >= 4 is 17.8 Å². The van der Waals surface area contributed by atoms with Gasteiger partial charge in [-0.3, -0.25) is 9.69 Å². The molecule has 1 unspecified atom stereocenters. The van der Waals surface area contributed by atoms with Gasteiger partial charge in [0.25, 0.3) is 0 Å². The van der Waals surface area contributed by atoms with Crippen LogP contribution in [0.2, 0.25) is 0 Å². The maximum absolute atomic E-state index is 12.7. The minimum absolute atomic E-state index is 0.0905. The van der Waals surface area contributed by atoms with Crippen molar-refractivity contribution in [2.75, 3.05) is 11.4 Å². The fraction of sp³-hybridized carbons (Fsp3) is 0.650. The zero-order valence-corrected chi connectivity index (χ0v) is 16.2. The Hall–Kier alpha value is -2.11. The molecular formula is C20H29N3O3. The molecule has 1 saturated heterocycles. The highest BCUT2D eigenvalue weighted by Crippen LogP contribution is 2.34. The summed E-state index contributed by atoms with van der Waals surface area (Å²) in [6.45, 7) is 8.03. The fourth-order valence-electron chi connectivity index (χ4n) is 3.61. The fourth-order valence-corrected chi connectivity index (χ4v) is 3.61. The molecule has 1 aliphatic heterocycles. The van der Waals surface area contributed by atoms with Gasteiger partial charge in [0.2, 0.25) is 5.91 Å². The molecule has 1 atom stereocenters. The van der Waals surface area contributed by atoms with Crippen molar-refractivity contribution in [1.29, 1.82) is 0 Å². The lowest BCUT2D eigenvalue weighted by atomic mass is 9.91. The van der Waals surface area contributed by atoms with Crippen LogP contribution in [0.3, 0.4) is 0 Å². The number of carbonyl (C=O) groups excluding carboxylic acids is 2. The van der Waals surface area contributed by atoms with Gasteiger partial charge >= 0.3 is 6.09 Å². The summed E-state index contributed by atoms with van der Waals surface area (Å²) in [6.07, 6.45) is 6.51. The molecule has 0 N–H and O–H groups in total. The number of hydrogen-bond acceptors (Lipinski definition) is 4. The monoisotopic (exact) mass is 359 g/mol. The summed E-state index contributed by atoms with van der Waals surface area (Å²) in [5, 5.41) is 0. The smallest absolute Gasteiger partial charge is 0.416 e. The first-order valence-corrected chi connectivity index (χ1v) is 9.51. The third-order valence-corrected chi connectivity index (χ3v) is 5.09. The van der Waals surface area contributed by atoms with E-state index < -0.39 is 5.60 Å². The predicted octanol–water partition coefficient (Wildman–Crippen LogP) is 4.06. The van der Waals surface area contributed by atoms with Gasteiger partial charge in [0.1, 0.15) is 11.4 Å². The van der Waals surface area contributed by atoms with Crippen molar-refractivity contribution in [2.45, 2.75) is 77.5 Å². The van der Waals surface area contributed by atoms with Crippen LogP contribution in [0.15, 0.2) is 18.3 Å². The molecule has 26 heavy (non-hydrogen) atoms. The van der Waals surface area contributed by atoms with E-state index in [9.17, 15) is 9.59 Å². The third kappa shape index (κ3) is 4.00. The molecule has 2 aliphatic rings. The van der Waals surface area contributed by atoms with Crippen LogP contribution >= 0.6 is 0 Å². The number of aromatic nitrogens is 1. The largest absolute Gasteiger partial charge is 0.443 e. The molecule has 2 fully saturated rings. The lowest BCUT2D eigenvalue weighted by molar-refractivity contribution is -0.129. The number of likely N-dealkylation sites (tertiary alicyclic amines) is 1. The second-order valence-electron chi connectivity index (χ2n) is 8.26. The molecule has 6 heteroatoms. The van der Waals surface area contributed by atoms with E-state index in [-0.39, 0.29) is 24.1 Å². The third-order valence-electron chi connectivity index (χ3n) is 5.09. The average Bonchev–Trinajstić information content (AvgIpc) is 2.99. The van der Waals surface area contributed by atoms with Gasteiger partial charge in [-0.25, -0.2) is 9.78 Å². The molecule has 6 nitrogen and oxygen atoms in total. The zero-order valence-electron chi connectivity index (χ0n) is 16.2. The average molecular weight is 359 g/mol. The predicted molar refractivity (Wildman–Crippen MR) is 100.0 cm³/mol.